The van der Waals surface area contributed by atoms with Crippen molar-refractivity contribution in [2.75, 3.05) is 20.8 Å². The van der Waals surface area contributed by atoms with Crippen LogP contribution in [0.4, 0.5) is 4.39 Å². The van der Waals surface area contributed by atoms with Crippen LogP contribution >= 0.6 is 7.75 Å². The monoisotopic (exact) mass is 609 g/mol. The number of rotatable bonds is 14. The van der Waals surface area contributed by atoms with E-state index < -0.39 is 31.8 Å². The maximum atomic E-state index is 13.7. The van der Waals surface area contributed by atoms with Gasteiger partial charge in [-0.05, 0) is 37.5 Å². The predicted octanol–water partition coefficient (Wildman–Crippen LogP) is 4.75. The number of nitrogens with one attached hydrogen (secondary N) is 2. The third-order valence-corrected chi connectivity index (χ3v) is 7.17. The van der Waals surface area contributed by atoms with Gasteiger partial charge in [0.25, 0.3) is 5.91 Å². The van der Waals surface area contributed by atoms with Crippen LogP contribution in [0.15, 0.2) is 72.9 Å². The second-order valence-corrected chi connectivity index (χ2v) is 10.2. The second kappa shape index (κ2) is 20.3. The molecular weight excluding hydrogens is 568 g/mol. The van der Waals surface area contributed by atoms with E-state index in [2.05, 4.69) is 5.09 Å². The van der Waals surface area contributed by atoms with Gasteiger partial charge in [0.1, 0.15) is 24.6 Å². The molecule has 1 heterocycles. The molecule has 232 valence electrons. The smallest absolute Gasteiger partial charge is 0.459 e. The molecule has 0 aliphatic carbocycles. The molecule has 11 nitrogen and oxygen atoms in total. The van der Waals surface area contributed by atoms with Gasteiger partial charge >= 0.3 is 13.7 Å². The molecule has 2 amide bonds. The number of ether oxygens (including phenoxy) is 2. The van der Waals surface area contributed by atoms with Crippen LogP contribution in [0.3, 0.4) is 0 Å². The minimum absolute atomic E-state index is 0.0669. The first-order valence-electron chi connectivity index (χ1n) is 13.4. The van der Waals surface area contributed by atoms with Gasteiger partial charge in [-0.25, -0.2) is 4.57 Å². The lowest BCUT2D eigenvalue weighted by Gasteiger charge is -2.25. The van der Waals surface area contributed by atoms with Gasteiger partial charge in [-0.2, -0.15) is 5.09 Å². The van der Waals surface area contributed by atoms with Crippen molar-refractivity contribution in [2.24, 2.45) is 0 Å². The fraction of sp³-hybridized carbons (Fsp3) is 0.414. The summed E-state index contributed by atoms with van der Waals surface area (Å²) in [5, 5.41) is 4.69. The minimum atomic E-state index is -4.02. The van der Waals surface area contributed by atoms with Gasteiger partial charge in [0, 0.05) is 19.3 Å². The summed E-state index contributed by atoms with van der Waals surface area (Å²) in [6.07, 6.45) is 3.49. The fourth-order valence-electron chi connectivity index (χ4n) is 3.53. The van der Waals surface area contributed by atoms with Gasteiger partial charge in [0.05, 0.1) is 19.9 Å². The van der Waals surface area contributed by atoms with Crippen molar-refractivity contribution in [3.05, 3.63) is 78.5 Å². The van der Waals surface area contributed by atoms with Gasteiger partial charge in [-0.1, -0.05) is 62.4 Å². The zero-order valence-corrected chi connectivity index (χ0v) is 25.5. The number of hydrogen-bond donors (Lipinski definition) is 2. The summed E-state index contributed by atoms with van der Waals surface area (Å²) in [5.41, 5.74) is 0.824. The van der Waals surface area contributed by atoms with Crippen LogP contribution in [0, 0.1) is 0 Å². The van der Waals surface area contributed by atoms with Gasteiger partial charge in [0.2, 0.25) is 6.41 Å². The quantitative estimate of drug-likeness (QED) is 0.134. The topological polar surface area (TPSA) is 132 Å². The van der Waals surface area contributed by atoms with E-state index in [0.717, 1.165) is 5.56 Å². The molecule has 13 heteroatoms. The van der Waals surface area contributed by atoms with Crippen molar-refractivity contribution in [2.45, 2.75) is 58.6 Å². The van der Waals surface area contributed by atoms with Gasteiger partial charge in [-0.3, -0.25) is 28.6 Å². The molecule has 4 unspecified atom stereocenters. The molecule has 0 aromatic heterocycles. The molecule has 0 saturated carbocycles. The van der Waals surface area contributed by atoms with E-state index in [4.69, 9.17) is 18.5 Å². The summed E-state index contributed by atoms with van der Waals surface area (Å²) >= 11 is 0. The highest BCUT2D eigenvalue weighted by Gasteiger charge is 2.35. The van der Waals surface area contributed by atoms with Gasteiger partial charge in [-0.15, -0.1) is 0 Å². The molecule has 0 bridgehead atoms. The van der Waals surface area contributed by atoms with Crippen molar-refractivity contribution in [1.82, 2.24) is 15.3 Å². The molecule has 0 radical (unpaired) electrons. The number of halogens is 1. The number of nitrogens with zero attached hydrogens (tertiary/aromatic N) is 1. The molecular formula is C29H41FN3O8P. The number of alkyl halides is 1. The fourth-order valence-corrected chi connectivity index (χ4v) is 5.05. The Bertz CT molecular complexity index is 1140. The average molecular weight is 610 g/mol. The van der Waals surface area contributed by atoms with Crippen LogP contribution in [0.25, 0.3) is 0 Å². The lowest BCUT2D eigenvalue weighted by molar-refractivity contribution is -0.146. The Labute approximate surface area is 246 Å². The summed E-state index contributed by atoms with van der Waals surface area (Å²) in [7, 11) is -1.79. The highest BCUT2D eigenvalue weighted by molar-refractivity contribution is 7.52. The zero-order valence-electron chi connectivity index (χ0n) is 24.6. The number of imide groups is 1. The van der Waals surface area contributed by atoms with E-state index in [1.807, 2.05) is 49.5 Å². The van der Waals surface area contributed by atoms with E-state index >= 15 is 0 Å². The summed E-state index contributed by atoms with van der Waals surface area (Å²) in [5.74, 6) is -0.860. The normalized spacial score (nSPS) is 17.8. The van der Waals surface area contributed by atoms with E-state index in [1.54, 1.807) is 42.3 Å². The Kier molecular flexibility index (Phi) is 17.6. The summed E-state index contributed by atoms with van der Waals surface area (Å²) in [6.45, 7) is 5.52. The standard InChI is InChI=1S/C26H32N3O8P.C2H6.CH3F/c1-20(26(32)34-17-21-9-5-3-6-10-21)28-38(33,37-22-11-7-4-8-12-22)35-18-23-13-14-25(36-23)29(2)16-15-24(31)27-19-30;2*1-2/h3-12,15-16,19-20,23,25H,13-14,17-18H2,1-2H3,(H,28,33)(H,27,30,31);1-2H3;1H3/b16-15-;;. The highest BCUT2D eigenvalue weighted by atomic mass is 31.2. The molecule has 1 fully saturated rings. The summed E-state index contributed by atoms with van der Waals surface area (Å²) in [6, 6.07) is 16.7. The molecule has 1 aliphatic rings. The Morgan fingerprint density at radius 2 is 1.71 bits per heavy atom. The van der Waals surface area contributed by atoms with E-state index in [1.165, 1.54) is 19.2 Å². The third-order valence-electron chi connectivity index (χ3n) is 5.53. The van der Waals surface area contributed by atoms with Crippen LogP contribution in [-0.4, -0.2) is 62.4 Å². The Morgan fingerprint density at radius 1 is 1.10 bits per heavy atom. The Morgan fingerprint density at radius 3 is 2.33 bits per heavy atom. The molecule has 42 heavy (non-hydrogen) atoms. The number of hydrogen-bond acceptors (Lipinski definition) is 9. The van der Waals surface area contributed by atoms with Crippen molar-refractivity contribution >= 4 is 26.0 Å². The second-order valence-electron chi connectivity index (χ2n) is 8.54. The lowest BCUT2D eigenvalue weighted by Crippen LogP contribution is -2.35. The molecule has 1 saturated heterocycles. The first-order valence-corrected chi connectivity index (χ1v) is 15.0. The zero-order chi connectivity index (χ0) is 31.4. The number of amides is 2. The largest absolute Gasteiger partial charge is 0.460 e. The van der Waals surface area contributed by atoms with Crippen molar-refractivity contribution in [1.29, 1.82) is 0 Å². The van der Waals surface area contributed by atoms with Crippen LogP contribution in [0.1, 0.15) is 39.2 Å². The molecule has 1 aliphatic heterocycles. The summed E-state index contributed by atoms with van der Waals surface area (Å²) in [4.78, 5) is 36.0. The van der Waals surface area contributed by atoms with Crippen molar-refractivity contribution in [3.63, 3.8) is 0 Å². The molecule has 2 N–H and O–H groups in total. The molecule has 0 spiro atoms. The number of esters is 1. The minimum Gasteiger partial charge on any atom is -0.460 e. The Balaban J connectivity index is 0.00000211. The van der Waals surface area contributed by atoms with Gasteiger partial charge in [0.15, 0.2) is 0 Å². The van der Waals surface area contributed by atoms with Crippen LogP contribution in [-0.2, 0) is 39.6 Å². The SMILES string of the molecule is CC.CC(NP(=O)(OCC1CCC(N(C)/C=C\C(=O)NC=O)O1)Oc1ccccc1)C(=O)OCc1ccccc1.CF. The van der Waals surface area contributed by atoms with Gasteiger partial charge < -0.3 is 18.9 Å². The molecule has 2 aromatic rings. The number of benzene rings is 2. The van der Waals surface area contributed by atoms with E-state index in [-0.39, 0.29) is 19.4 Å². The maximum Gasteiger partial charge on any atom is 0.459 e. The average Bonchev–Trinajstić information content (AvgIpc) is 3.50. The van der Waals surface area contributed by atoms with Crippen molar-refractivity contribution < 1.29 is 41.9 Å². The Hall–Kier alpha value is -3.57. The maximum absolute atomic E-state index is 13.7. The third kappa shape index (κ3) is 13.4. The van der Waals surface area contributed by atoms with E-state index in [0.29, 0.717) is 32.2 Å². The number of para-hydroxylation sites is 1. The van der Waals surface area contributed by atoms with Crippen LogP contribution < -0.4 is 14.9 Å². The number of carbonyl (C=O) groups excluding carboxylic acids is 3. The van der Waals surface area contributed by atoms with Crippen molar-refractivity contribution in [3.8, 4) is 5.75 Å². The number of carbonyl (C=O) groups is 3. The molecule has 4 atom stereocenters. The molecule has 2 aromatic carbocycles. The lowest BCUT2D eigenvalue weighted by atomic mass is 10.2. The first-order chi connectivity index (χ1) is 20.3. The predicted molar refractivity (Wildman–Crippen MR) is 157 cm³/mol. The van der Waals surface area contributed by atoms with Crippen LogP contribution in [0.5, 0.6) is 5.75 Å². The first kappa shape index (κ1) is 36.5. The highest BCUT2D eigenvalue weighted by Crippen LogP contribution is 2.45. The van der Waals surface area contributed by atoms with Crippen LogP contribution in [0.2, 0.25) is 0 Å². The summed E-state index contributed by atoms with van der Waals surface area (Å²) < 4.78 is 45.8. The van der Waals surface area contributed by atoms with E-state index in [9.17, 15) is 23.3 Å². The molecule has 3 rings (SSSR count).